The van der Waals surface area contributed by atoms with Crippen LogP contribution in [0.4, 0.5) is 5.69 Å². The van der Waals surface area contributed by atoms with Crippen molar-refractivity contribution in [2.24, 2.45) is 0 Å². The second kappa shape index (κ2) is 6.23. The van der Waals surface area contributed by atoms with Crippen molar-refractivity contribution in [3.63, 3.8) is 0 Å². The van der Waals surface area contributed by atoms with Gasteiger partial charge in [0.2, 0.25) is 0 Å². The first kappa shape index (κ1) is 14.1. The van der Waals surface area contributed by atoms with Crippen LogP contribution in [0.2, 0.25) is 0 Å². The van der Waals surface area contributed by atoms with Gasteiger partial charge in [-0.1, -0.05) is 44.0 Å². The van der Waals surface area contributed by atoms with Crippen LogP contribution in [0.5, 0.6) is 0 Å². The van der Waals surface area contributed by atoms with Crippen LogP contribution in [-0.2, 0) is 6.54 Å². The van der Waals surface area contributed by atoms with Crippen LogP contribution in [0.25, 0.3) is 0 Å². The highest BCUT2D eigenvalue weighted by Crippen LogP contribution is 2.22. The fourth-order valence-electron chi connectivity index (χ4n) is 1.71. The highest BCUT2D eigenvalue weighted by molar-refractivity contribution is 9.10. The second-order valence-electron chi connectivity index (χ2n) is 4.24. The van der Waals surface area contributed by atoms with Gasteiger partial charge in [0, 0.05) is 15.5 Å². The maximum atomic E-state index is 9.10. The van der Waals surface area contributed by atoms with Gasteiger partial charge in [0.25, 0.3) is 0 Å². The van der Waals surface area contributed by atoms with E-state index in [1.54, 1.807) is 0 Å². The molecule has 1 N–H and O–H groups in total. The molecule has 2 rings (SSSR count). The van der Waals surface area contributed by atoms with Crippen LogP contribution in [0.15, 0.2) is 45.3 Å². The van der Waals surface area contributed by atoms with Gasteiger partial charge in [0.05, 0.1) is 11.3 Å². The zero-order chi connectivity index (χ0) is 13.8. The van der Waals surface area contributed by atoms with Gasteiger partial charge < -0.3 is 5.32 Å². The third-order valence-electron chi connectivity index (χ3n) is 2.82. The molecule has 0 aliphatic carbocycles. The molecule has 2 aromatic carbocycles. The van der Waals surface area contributed by atoms with Gasteiger partial charge in [-0.25, -0.2) is 0 Å². The molecule has 0 fully saturated rings. The average molecular weight is 380 g/mol. The highest BCUT2D eigenvalue weighted by Gasteiger charge is 2.03. The molecule has 0 saturated carbocycles. The molecule has 0 bridgehead atoms. The summed E-state index contributed by atoms with van der Waals surface area (Å²) in [6, 6.07) is 14.1. The van der Waals surface area contributed by atoms with Crippen molar-refractivity contribution in [1.82, 2.24) is 0 Å². The Morgan fingerprint density at radius 2 is 1.95 bits per heavy atom. The van der Waals surface area contributed by atoms with Gasteiger partial charge in [-0.15, -0.1) is 0 Å². The number of aryl methyl sites for hydroxylation is 1. The fourth-order valence-corrected chi connectivity index (χ4v) is 2.49. The molecule has 0 aromatic heterocycles. The number of nitrogens with one attached hydrogen (secondary N) is 1. The van der Waals surface area contributed by atoms with E-state index in [9.17, 15) is 0 Å². The van der Waals surface area contributed by atoms with E-state index >= 15 is 0 Å². The van der Waals surface area contributed by atoms with E-state index in [1.807, 2.05) is 18.2 Å². The number of anilines is 1. The molecule has 0 saturated heterocycles. The third-order valence-corrected chi connectivity index (χ3v) is 4.17. The van der Waals surface area contributed by atoms with E-state index in [0.29, 0.717) is 12.1 Å². The topological polar surface area (TPSA) is 35.8 Å². The normalized spacial score (nSPS) is 10.0. The molecule has 0 aliphatic heterocycles. The van der Waals surface area contributed by atoms with Gasteiger partial charge in [0.1, 0.15) is 6.07 Å². The summed E-state index contributed by atoms with van der Waals surface area (Å²) >= 11 is 6.89. The lowest BCUT2D eigenvalue weighted by atomic mass is 10.1. The van der Waals surface area contributed by atoms with E-state index in [-0.39, 0.29) is 0 Å². The number of hydrogen-bond donors (Lipinski definition) is 1. The summed E-state index contributed by atoms with van der Waals surface area (Å²) in [5, 5.41) is 12.4. The lowest BCUT2D eigenvalue weighted by molar-refractivity contribution is 1.14. The Morgan fingerprint density at radius 1 is 1.16 bits per heavy atom. The van der Waals surface area contributed by atoms with Crippen molar-refractivity contribution in [1.29, 1.82) is 5.26 Å². The SMILES string of the molecule is Cc1ccc(CNc2ccc(Br)cc2C#N)cc1Br. The number of hydrogen-bond acceptors (Lipinski definition) is 2. The fraction of sp³-hybridized carbons (Fsp3) is 0.133. The number of nitrogens with zero attached hydrogens (tertiary/aromatic N) is 1. The quantitative estimate of drug-likeness (QED) is 0.813. The minimum absolute atomic E-state index is 0.639. The standard InChI is InChI=1S/C15H12Br2N2/c1-10-2-3-11(6-14(10)17)9-19-15-5-4-13(16)7-12(15)8-18/h2-7,19H,9H2,1H3. The molecule has 4 heteroatoms. The Labute approximate surface area is 129 Å². The van der Waals surface area contributed by atoms with Gasteiger partial charge in [-0.05, 0) is 42.3 Å². The van der Waals surface area contributed by atoms with E-state index in [0.717, 1.165) is 14.6 Å². The maximum absolute atomic E-state index is 9.10. The Hall–Kier alpha value is -1.31. The summed E-state index contributed by atoms with van der Waals surface area (Å²) in [6.07, 6.45) is 0. The summed E-state index contributed by atoms with van der Waals surface area (Å²) in [6.45, 7) is 2.75. The summed E-state index contributed by atoms with van der Waals surface area (Å²) in [7, 11) is 0. The Balaban J connectivity index is 2.14. The first-order chi connectivity index (χ1) is 9.10. The van der Waals surface area contributed by atoms with Crippen molar-refractivity contribution in [3.05, 3.63) is 62.0 Å². The van der Waals surface area contributed by atoms with Crippen LogP contribution in [-0.4, -0.2) is 0 Å². The van der Waals surface area contributed by atoms with Gasteiger partial charge in [-0.3, -0.25) is 0 Å². The smallest absolute Gasteiger partial charge is 0.101 e. The van der Waals surface area contributed by atoms with E-state index in [1.165, 1.54) is 11.1 Å². The minimum atomic E-state index is 0.639. The van der Waals surface area contributed by atoms with Gasteiger partial charge in [0.15, 0.2) is 0 Å². The summed E-state index contributed by atoms with van der Waals surface area (Å²) < 4.78 is 2.01. The molecular formula is C15H12Br2N2. The average Bonchev–Trinajstić information content (AvgIpc) is 2.41. The molecule has 2 nitrogen and oxygen atoms in total. The van der Waals surface area contributed by atoms with Crippen molar-refractivity contribution >= 4 is 37.5 Å². The first-order valence-electron chi connectivity index (χ1n) is 5.78. The summed E-state index contributed by atoms with van der Waals surface area (Å²) in [5.74, 6) is 0. The predicted octanol–water partition coefficient (Wildman–Crippen LogP) is 5.00. The number of nitriles is 1. The minimum Gasteiger partial charge on any atom is -0.380 e. The van der Waals surface area contributed by atoms with Crippen LogP contribution < -0.4 is 5.32 Å². The largest absolute Gasteiger partial charge is 0.380 e. The Bertz CT molecular complexity index is 645. The Kier molecular flexibility index (Phi) is 4.62. The molecule has 19 heavy (non-hydrogen) atoms. The van der Waals surface area contributed by atoms with Crippen LogP contribution in [0.1, 0.15) is 16.7 Å². The summed E-state index contributed by atoms with van der Waals surface area (Å²) in [4.78, 5) is 0. The molecule has 96 valence electrons. The molecule has 0 spiro atoms. The molecule has 0 amide bonds. The molecule has 2 aromatic rings. The van der Waals surface area contributed by atoms with Gasteiger partial charge >= 0.3 is 0 Å². The third kappa shape index (κ3) is 3.59. The monoisotopic (exact) mass is 378 g/mol. The van der Waals surface area contributed by atoms with Crippen LogP contribution >= 0.6 is 31.9 Å². The van der Waals surface area contributed by atoms with Crippen LogP contribution in [0.3, 0.4) is 0 Å². The Morgan fingerprint density at radius 3 is 2.63 bits per heavy atom. The highest BCUT2D eigenvalue weighted by atomic mass is 79.9. The maximum Gasteiger partial charge on any atom is 0.101 e. The first-order valence-corrected chi connectivity index (χ1v) is 7.37. The van der Waals surface area contributed by atoms with Crippen molar-refractivity contribution in [3.8, 4) is 6.07 Å². The molecule has 0 heterocycles. The van der Waals surface area contributed by atoms with Crippen molar-refractivity contribution < 1.29 is 0 Å². The lowest BCUT2D eigenvalue weighted by Crippen LogP contribution is -2.01. The zero-order valence-electron chi connectivity index (χ0n) is 10.4. The molecule has 0 radical (unpaired) electrons. The molecule has 0 aliphatic rings. The summed E-state index contributed by atoms with van der Waals surface area (Å²) in [5.41, 5.74) is 3.87. The molecular weight excluding hydrogens is 368 g/mol. The second-order valence-corrected chi connectivity index (χ2v) is 6.01. The van der Waals surface area contributed by atoms with Crippen LogP contribution in [0, 0.1) is 18.3 Å². The van der Waals surface area contributed by atoms with Crippen molar-refractivity contribution in [2.75, 3.05) is 5.32 Å². The van der Waals surface area contributed by atoms with Gasteiger partial charge in [-0.2, -0.15) is 5.26 Å². The lowest BCUT2D eigenvalue weighted by Gasteiger charge is -2.09. The number of benzene rings is 2. The van der Waals surface area contributed by atoms with E-state index in [2.05, 4.69) is 68.4 Å². The van der Waals surface area contributed by atoms with Crippen molar-refractivity contribution in [2.45, 2.75) is 13.5 Å². The van der Waals surface area contributed by atoms with E-state index < -0.39 is 0 Å². The zero-order valence-corrected chi connectivity index (χ0v) is 13.5. The molecule has 0 unspecified atom stereocenters. The number of halogens is 2. The molecule has 0 atom stereocenters. The predicted molar refractivity (Wildman–Crippen MR) is 85.1 cm³/mol. The number of rotatable bonds is 3. The van der Waals surface area contributed by atoms with E-state index in [4.69, 9.17) is 5.26 Å².